The summed E-state index contributed by atoms with van der Waals surface area (Å²) in [6.45, 7) is 2.64. The van der Waals surface area contributed by atoms with Crippen molar-refractivity contribution >= 4 is 5.82 Å². The van der Waals surface area contributed by atoms with E-state index in [1.807, 2.05) is 6.92 Å². The normalized spacial score (nSPS) is 19.4. The van der Waals surface area contributed by atoms with Crippen LogP contribution in [0.2, 0.25) is 0 Å². The summed E-state index contributed by atoms with van der Waals surface area (Å²) < 4.78 is 0. The van der Waals surface area contributed by atoms with Crippen LogP contribution >= 0.6 is 0 Å². The number of nitrogens with one attached hydrogen (secondary N) is 1. The monoisotopic (exact) mass is 220 g/mol. The lowest BCUT2D eigenvalue weighted by Crippen LogP contribution is -2.47. The summed E-state index contributed by atoms with van der Waals surface area (Å²) in [4.78, 5) is 8.58. The molecule has 3 N–H and O–H groups in total. The van der Waals surface area contributed by atoms with Crippen LogP contribution in [0.15, 0.2) is 12.4 Å². The van der Waals surface area contributed by atoms with Gasteiger partial charge in [0.2, 0.25) is 0 Å². The molecule has 0 bridgehead atoms. The first-order valence-corrected chi connectivity index (χ1v) is 6.02. The van der Waals surface area contributed by atoms with E-state index in [-0.39, 0.29) is 5.54 Å². The van der Waals surface area contributed by atoms with E-state index >= 15 is 0 Å². The number of anilines is 1. The van der Waals surface area contributed by atoms with Gasteiger partial charge in [0.05, 0.1) is 11.2 Å². The van der Waals surface area contributed by atoms with Gasteiger partial charge < -0.3 is 11.1 Å². The van der Waals surface area contributed by atoms with Crippen molar-refractivity contribution in [3.05, 3.63) is 18.1 Å². The lowest BCUT2D eigenvalue weighted by atomic mass is 9.81. The summed E-state index contributed by atoms with van der Waals surface area (Å²) in [5.41, 5.74) is 6.91. The van der Waals surface area contributed by atoms with Crippen molar-refractivity contribution < 1.29 is 0 Å². The molecule has 4 heteroatoms. The summed E-state index contributed by atoms with van der Waals surface area (Å²) in [6, 6.07) is 0. The predicted octanol–water partition coefficient (Wildman–Crippen LogP) is 1.86. The molecule has 16 heavy (non-hydrogen) atoms. The Balaban J connectivity index is 2.15. The summed E-state index contributed by atoms with van der Waals surface area (Å²) in [7, 11) is 0. The van der Waals surface area contributed by atoms with E-state index in [1.54, 1.807) is 12.4 Å². The summed E-state index contributed by atoms with van der Waals surface area (Å²) in [5.74, 6) is 0.884. The largest absolute Gasteiger partial charge is 0.362 e. The molecule has 1 aliphatic rings. The Kier molecular flexibility index (Phi) is 3.39. The van der Waals surface area contributed by atoms with E-state index in [9.17, 15) is 0 Å². The minimum absolute atomic E-state index is 0.0407. The number of nitrogens with two attached hydrogens (primary N) is 1. The topological polar surface area (TPSA) is 63.8 Å². The number of hydrogen-bond donors (Lipinski definition) is 2. The molecule has 0 aromatic carbocycles. The first-order valence-electron chi connectivity index (χ1n) is 6.02. The molecule has 1 aromatic rings. The molecule has 1 heterocycles. The number of aryl methyl sites for hydroxylation is 1. The second-order valence-corrected chi connectivity index (χ2v) is 4.66. The second-order valence-electron chi connectivity index (χ2n) is 4.66. The standard InChI is InChI=1S/C12H20N4/c1-10-11(15-8-7-14-10)16-12(9-13)5-3-2-4-6-12/h7-8H,2-6,9,13H2,1H3,(H,15,16). The molecular weight excluding hydrogens is 200 g/mol. The van der Waals surface area contributed by atoms with E-state index in [2.05, 4.69) is 15.3 Å². The van der Waals surface area contributed by atoms with E-state index in [0.717, 1.165) is 24.4 Å². The van der Waals surface area contributed by atoms with Crippen molar-refractivity contribution in [2.24, 2.45) is 5.73 Å². The quantitative estimate of drug-likeness (QED) is 0.816. The molecule has 4 nitrogen and oxygen atoms in total. The average molecular weight is 220 g/mol. The lowest BCUT2D eigenvalue weighted by Gasteiger charge is -2.37. The molecule has 88 valence electrons. The van der Waals surface area contributed by atoms with Gasteiger partial charge in [0.25, 0.3) is 0 Å². The molecule has 0 aliphatic heterocycles. The van der Waals surface area contributed by atoms with Crippen LogP contribution in [0.5, 0.6) is 0 Å². The van der Waals surface area contributed by atoms with Crippen LogP contribution in [-0.4, -0.2) is 22.1 Å². The van der Waals surface area contributed by atoms with Gasteiger partial charge in [-0.3, -0.25) is 4.98 Å². The maximum Gasteiger partial charge on any atom is 0.147 e. The maximum absolute atomic E-state index is 5.93. The van der Waals surface area contributed by atoms with Gasteiger partial charge >= 0.3 is 0 Å². The van der Waals surface area contributed by atoms with Gasteiger partial charge in [-0.1, -0.05) is 19.3 Å². The van der Waals surface area contributed by atoms with Gasteiger partial charge in [0, 0.05) is 18.9 Å². The van der Waals surface area contributed by atoms with Gasteiger partial charge in [0.1, 0.15) is 5.82 Å². The van der Waals surface area contributed by atoms with Gasteiger partial charge in [0.15, 0.2) is 0 Å². The van der Waals surface area contributed by atoms with Crippen LogP contribution < -0.4 is 11.1 Å². The minimum atomic E-state index is 0.0407. The van der Waals surface area contributed by atoms with Crippen LogP contribution in [0.25, 0.3) is 0 Å². The lowest BCUT2D eigenvalue weighted by molar-refractivity contribution is 0.330. The third-order valence-electron chi connectivity index (χ3n) is 3.47. The Bertz CT molecular complexity index is 345. The molecule has 1 aromatic heterocycles. The minimum Gasteiger partial charge on any atom is -0.362 e. The Hall–Kier alpha value is -1.16. The van der Waals surface area contributed by atoms with Crippen molar-refractivity contribution in [1.29, 1.82) is 0 Å². The summed E-state index contributed by atoms with van der Waals surface area (Å²) >= 11 is 0. The van der Waals surface area contributed by atoms with E-state index in [0.29, 0.717) is 6.54 Å². The molecule has 1 aliphatic carbocycles. The number of rotatable bonds is 3. The van der Waals surface area contributed by atoms with Gasteiger partial charge in [-0.25, -0.2) is 4.98 Å². The smallest absolute Gasteiger partial charge is 0.147 e. The zero-order valence-corrected chi connectivity index (χ0v) is 9.87. The molecule has 0 radical (unpaired) electrons. The van der Waals surface area contributed by atoms with E-state index in [1.165, 1.54) is 19.3 Å². The number of nitrogens with zero attached hydrogens (tertiary/aromatic N) is 2. The second kappa shape index (κ2) is 4.78. The average Bonchev–Trinajstić information content (AvgIpc) is 2.33. The zero-order valence-electron chi connectivity index (χ0n) is 9.87. The Morgan fingerprint density at radius 1 is 1.25 bits per heavy atom. The Labute approximate surface area is 96.7 Å². The molecule has 0 atom stereocenters. The first kappa shape index (κ1) is 11.3. The van der Waals surface area contributed by atoms with Crippen molar-refractivity contribution in [2.75, 3.05) is 11.9 Å². The highest BCUT2D eigenvalue weighted by Crippen LogP contribution is 2.30. The maximum atomic E-state index is 5.93. The molecule has 0 saturated heterocycles. The van der Waals surface area contributed by atoms with Crippen LogP contribution in [-0.2, 0) is 0 Å². The fraction of sp³-hybridized carbons (Fsp3) is 0.667. The fourth-order valence-electron chi connectivity index (χ4n) is 2.39. The Morgan fingerprint density at radius 2 is 1.94 bits per heavy atom. The first-order chi connectivity index (χ1) is 7.76. The van der Waals surface area contributed by atoms with Gasteiger partial charge in [-0.05, 0) is 19.8 Å². The highest BCUT2D eigenvalue weighted by atomic mass is 15.1. The summed E-state index contributed by atoms with van der Waals surface area (Å²) in [6.07, 6.45) is 9.55. The van der Waals surface area contributed by atoms with Crippen LogP contribution in [0.1, 0.15) is 37.8 Å². The highest BCUT2D eigenvalue weighted by Gasteiger charge is 2.31. The third kappa shape index (κ3) is 2.32. The van der Waals surface area contributed by atoms with Gasteiger partial charge in [-0.15, -0.1) is 0 Å². The van der Waals surface area contributed by atoms with Crippen LogP contribution in [0, 0.1) is 6.92 Å². The SMILES string of the molecule is Cc1nccnc1NC1(CN)CCCCC1. The number of aromatic nitrogens is 2. The van der Waals surface area contributed by atoms with Gasteiger partial charge in [-0.2, -0.15) is 0 Å². The van der Waals surface area contributed by atoms with Crippen molar-refractivity contribution in [3.63, 3.8) is 0 Å². The van der Waals surface area contributed by atoms with Crippen molar-refractivity contribution in [3.8, 4) is 0 Å². The van der Waals surface area contributed by atoms with E-state index in [4.69, 9.17) is 5.73 Å². The van der Waals surface area contributed by atoms with E-state index < -0.39 is 0 Å². The molecule has 0 amide bonds. The molecule has 1 fully saturated rings. The fourth-order valence-corrected chi connectivity index (χ4v) is 2.39. The Morgan fingerprint density at radius 3 is 2.56 bits per heavy atom. The molecule has 0 spiro atoms. The molecular formula is C12H20N4. The van der Waals surface area contributed by atoms with Crippen molar-refractivity contribution in [1.82, 2.24) is 9.97 Å². The highest BCUT2D eigenvalue weighted by molar-refractivity contribution is 5.41. The van der Waals surface area contributed by atoms with Crippen LogP contribution in [0.4, 0.5) is 5.82 Å². The predicted molar refractivity (Wildman–Crippen MR) is 65.3 cm³/mol. The van der Waals surface area contributed by atoms with Crippen molar-refractivity contribution in [2.45, 2.75) is 44.6 Å². The third-order valence-corrected chi connectivity index (χ3v) is 3.47. The van der Waals surface area contributed by atoms with Crippen LogP contribution in [0.3, 0.4) is 0 Å². The number of hydrogen-bond acceptors (Lipinski definition) is 4. The molecule has 0 unspecified atom stereocenters. The molecule has 1 saturated carbocycles. The molecule has 2 rings (SSSR count). The summed E-state index contributed by atoms with van der Waals surface area (Å²) in [5, 5.41) is 3.51. The zero-order chi connectivity index (χ0) is 11.4.